The van der Waals surface area contributed by atoms with Gasteiger partial charge in [0.25, 0.3) is 0 Å². The first-order valence-corrected chi connectivity index (χ1v) is 11.6. The van der Waals surface area contributed by atoms with Gasteiger partial charge < -0.3 is 20.3 Å². The smallest absolute Gasteiger partial charge is 0.227 e. The molecule has 3 atom stereocenters. The number of hydrogen-bond acceptors (Lipinski definition) is 4. The number of nitrogens with zero attached hydrogens (tertiary/aromatic N) is 1. The number of carbonyl (C=O) groups is 1. The molecular formula is C26H36ClN3O2. The number of amides is 1. The number of piperidine rings is 1. The maximum Gasteiger partial charge on any atom is 0.227 e. The molecule has 0 radical (unpaired) electrons. The van der Waals surface area contributed by atoms with Crippen LogP contribution < -0.4 is 20.3 Å². The molecule has 2 aliphatic heterocycles. The van der Waals surface area contributed by atoms with Crippen molar-refractivity contribution in [3.63, 3.8) is 0 Å². The molecule has 2 aliphatic rings. The van der Waals surface area contributed by atoms with Crippen LogP contribution in [-0.2, 0) is 17.8 Å². The molecule has 32 heavy (non-hydrogen) atoms. The minimum Gasteiger partial charge on any atom is -0.496 e. The minimum atomic E-state index is 0. The molecule has 2 aromatic rings. The van der Waals surface area contributed by atoms with Gasteiger partial charge in [0.1, 0.15) is 5.75 Å². The van der Waals surface area contributed by atoms with Gasteiger partial charge in [-0.25, -0.2) is 0 Å². The van der Waals surface area contributed by atoms with Crippen molar-refractivity contribution < 1.29 is 9.53 Å². The number of ether oxygens (including phenoxy) is 1. The summed E-state index contributed by atoms with van der Waals surface area (Å²) in [5.41, 5.74) is 4.64. The van der Waals surface area contributed by atoms with Crippen LogP contribution in [0.3, 0.4) is 0 Å². The monoisotopic (exact) mass is 457 g/mol. The van der Waals surface area contributed by atoms with Crippen molar-refractivity contribution in [3.05, 3.63) is 59.2 Å². The minimum absolute atomic E-state index is 0. The summed E-state index contributed by atoms with van der Waals surface area (Å²) in [5, 5.41) is 7.71. The predicted octanol–water partition coefficient (Wildman–Crippen LogP) is 4.78. The number of hydrogen-bond donors (Lipinski definition) is 2. The van der Waals surface area contributed by atoms with Gasteiger partial charge in [0.2, 0.25) is 5.91 Å². The summed E-state index contributed by atoms with van der Waals surface area (Å²) in [6, 6.07) is 16.2. The number of anilines is 1. The van der Waals surface area contributed by atoms with Crippen molar-refractivity contribution in [3.8, 4) is 5.75 Å². The molecule has 4 rings (SSSR count). The molecule has 1 amide bonds. The normalized spacial score (nSPS) is 22.8. The van der Waals surface area contributed by atoms with Crippen molar-refractivity contribution in [1.29, 1.82) is 0 Å². The molecular weight excluding hydrogens is 422 g/mol. The van der Waals surface area contributed by atoms with E-state index >= 15 is 0 Å². The largest absolute Gasteiger partial charge is 0.496 e. The Hall–Kier alpha value is -2.08. The maximum atomic E-state index is 12.2. The van der Waals surface area contributed by atoms with Gasteiger partial charge in [-0.1, -0.05) is 43.7 Å². The van der Waals surface area contributed by atoms with E-state index in [9.17, 15) is 4.79 Å². The van der Waals surface area contributed by atoms with Gasteiger partial charge in [-0.05, 0) is 48.9 Å². The first-order valence-electron chi connectivity index (χ1n) is 11.6. The van der Waals surface area contributed by atoms with Crippen LogP contribution in [0, 0.1) is 0 Å². The zero-order chi connectivity index (χ0) is 21.8. The number of fused-ring (bicyclic) bond motifs is 1. The molecule has 0 bridgehead atoms. The molecule has 1 saturated heterocycles. The highest BCUT2D eigenvalue weighted by molar-refractivity contribution is 5.96. The Kier molecular flexibility index (Phi) is 8.57. The second-order valence-corrected chi connectivity index (χ2v) is 8.85. The first-order chi connectivity index (χ1) is 15.1. The lowest BCUT2D eigenvalue weighted by Crippen LogP contribution is -2.50. The summed E-state index contributed by atoms with van der Waals surface area (Å²) in [6.45, 7) is 2.97. The van der Waals surface area contributed by atoms with Crippen LogP contribution in [0.2, 0.25) is 0 Å². The Morgan fingerprint density at radius 2 is 1.94 bits per heavy atom. The number of rotatable bonds is 7. The average Bonchev–Trinajstić information content (AvgIpc) is 2.81. The number of carbonyl (C=O) groups excluding carboxylic acids is 1. The van der Waals surface area contributed by atoms with Gasteiger partial charge in [-0.2, -0.15) is 0 Å². The molecule has 6 heteroatoms. The summed E-state index contributed by atoms with van der Waals surface area (Å²) in [4.78, 5) is 14.0. The van der Waals surface area contributed by atoms with Crippen LogP contribution in [0.15, 0.2) is 42.5 Å². The molecule has 1 fully saturated rings. The highest BCUT2D eigenvalue weighted by Gasteiger charge is 2.31. The van der Waals surface area contributed by atoms with Gasteiger partial charge in [0.15, 0.2) is 0 Å². The van der Waals surface area contributed by atoms with E-state index in [0.717, 1.165) is 29.8 Å². The van der Waals surface area contributed by atoms with Crippen molar-refractivity contribution in [2.75, 3.05) is 19.1 Å². The Morgan fingerprint density at radius 1 is 1.16 bits per heavy atom. The summed E-state index contributed by atoms with van der Waals surface area (Å²) in [5.74, 6) is 1.08. The van der Waals surface area contributed by atoms with Gasteiger partial charge in [-0.15, -0.1) is 12.4 Å². The Morgan fingerprint density at radius 3 is 2.66 bits per heavy atom. The Labute approximate surface area is 198 Å². The predicted molar refractivity (Wildman–Crippen MR) is 133 cm³/mol. The number of aryl methyl sites for hydroxylation is 1. The number of nitrogens with one attached hydrogen (secondary N) is 2. The molecule has 0 aromatic heterocycles. The molecule has 5 nitrogen and oxygen atoms in total. The average molecular weight is 458 g/mol. The van der Waals surface area contributed by atoms with E-state index in [1.54, 1.807) is 12.0 Å². The highest BCUT2D eigenvalue weighted by atomic mass is 35.5. The SMILES string of the molecule is CCCC1CCC(NCc2cc3c(cc2OC)CCC(=O)N3C)C(c2ccccc2)N1.Cl. The van der Waals surface area contributed by atoms with E-state index < -0.39 is 0 Å². The lowest BCUT2D eigenvalue weighted by atomic mass is 9.87. The Bertz CT molecular complexity index is 905. The molecule has 174 valence electrons. The fraction of sp³-hybridized carbons (Fsp3) is 0.500. The highest BCUT2D eigenvalue weighted by Crippen LogP contribution is 2.34. The fourth-order valence-electron chi connectivity index (χ4n) is 5.06. The first kappa shape index (κ1) is 24.6. The molecule has 3 unspecified atom stereocenters. The van der Waals surface area contributed by atoms with Gasteiger partial charge in [-0.3, -0.25) is 4.79 Å². The van der Waals surface area contributed by atoms with Crippen molar-refractivity contribution in [1.82, 2.24) is 10.6 Å². The molecule has 2 heterocycles. The van der Waals surface area contributed by atoms with E-state index in [0.29, 0.717) is 31.1 Å². The molecule has 0 saturated carbocycles. The quantitative estimate of drug-likeness (QED) is 0.628. The van der Waals surface area contributed by atoms with E-state index in [2.05, 4.69) is 60.0 Å². The molecule has 0 aliphatic carbocycles. The van der Waals surface area contributed by atoms with E-state index in [1.165, 1.54) is 30.4 Å². The van der Waals surface area contributed by atoms with Crippen LogP contribution in [0.1, 0.15) is 61.8 Å². The Balaban J connectivity index is 0.00000289. The third-order valence-corrected chi connectivity index (χ3v) is 6.82. The van der Waals surface area contributed by atoms with E-state index in [1.807, 2.05) is 7.05 Å². The summed E-state index contributed by atoms with van der Waals surface area (Å²) < 4.78 is 5.71. The van der Waals surface area contributed by atoms with Gasteiger partial charge in [0.05, 0.1) is 7.11 Å². The molecule has 0 spiro atoms. The second kappa shape index (κ2) is 11.2. The van der Waals surface area contributed by atoms with Crippen LogP contribution >= 0.6 is 12.4 Å². The van der Waals surface area contributed by atoms with Crippen LogP contribution in [-0.4, -0.2) is 32.1 Å². The van der Waals surface area contributed by atoms with Gasteiger partial charge >= 0.3 is 0 Å². The van der Waals surface area contributed by atoms with Crippen LogP contribution in [0.25, 0.3) is 0 Å². The number of benzene rings is 2. The van der Waals surface area contributed by atoms with Crippen molar-refractivity contribution in [2.24, 2.45) is 0 Å². The zero-order valence-corrected chi connectivity index (χ0v) is 20.2. The number of halogens is 1. The van der Waals surface area contributed by atoms with Gasteiger partial charge in [0, 0.05) is 49.4 Å². The summed E-state index contributed by atoms with van der Waals surface area (Å²) in [7, 11) is 3.60. The third kappa shape index (κ3) is 5.28. The molecule has 2 aromatic carbocycles. The summed E-state index contributed by atoms with van der Waals surface area (Å²) >= 11 is 0. The third-order valence-electron chi connectivity index (χ3n) is 6.82. The van der Waals surface area contributed by atoms with Crippen LogP contribution in [0.4, 0.5) is 5.69 Å². The topological polar surface area (TPSA) is 53.6 Å². The van der Waals surface area contributed by atoms with Crippen molar-refractivity contribution >= 4 is 24.0 Å². The fourth-order valence-corrected chi connectivity index (χ4v) is 5.06. The lowest BCUT2D eigenvalue weighted by Gasteiger charge is -2.39. The van der Waals surface area contributed by atoms with E-state index in [4.69, 9.17) is 4.74 Å². The van der Waals surface area contributed by atoms with Crippen LogP contribution in [0.5, 0.6) is 5.75 Å². The second-order valence-electron chi connectivity index (χ2n) is 8.85. The standard InChI is InChI=1S/C26H35N3O2.ClH/c1-4-8-21-12-13-22(26(28-21)18-9-6-5-7-10-18)27-17-20-15-23-19(16-24(20)31-3)11-14-25(30)29(23)2;/h5-7,9-10,15-16,21-22,26-28H,4,8,11-14,17H2,1-3H3;1H. The zero-order valence-electron chi connectivity index (χ0n) is 19.4. The lowest BCUT2D eigenvalue weighted by molar-refractivity contribution is -0.118. The van der Waals surface area contributed by atoms with E-state index in [-0.39, 0.29) is 18.3 Å². The van der Waals surface area contributed by atoms with Crippen molar-refractivity contribution in [2.45, 2.75) is 70.1 Å². The molecule has 2 N–H and O–H groups in total. The maximum absolute atomic E-state index is 12.2. The number of methoxy groups -OCH3 is 1. The summed E-state index contributed by atoms with van der Waals surface area (Å²) in [6.07, 6.45) is 6.10.